The molecular formula is C28H32FN3O5S. The van der Waals surface area contributed by atoms with E-state index in [1.165, 1.54) is 12.1 Å². The number of allylic oxidation sites excluding steroid dienone is 1. The smallest absolute Gasteiger partial charge is 0.329 e. The summed E-state index contributed by atoms with van der Waals surface area (Å²) in [5, 5.41) is 2.65. The van der Waals surface area contributed by atoms with Gasteiger partial charge < -0.3 is 14.6 Å². The highest BCUT2D eigenvalue weighted by atomic mass is 32.2. The number of benzene rings is 2. The number of nitrogens with one attached hydrogen (secondary N) is 1. The predicted octanol–water partition coefficient (Wildman–Crippen LogP) is 4.28. The zero-order valence-corrected chi connectivity index (χ0v) is 22.7. The van der Waals surface area contributed by atoms with Gasteiger partial charge in [-0.05, 0) is 68.1 Å². The molecule has 1 aromatic heterocycles. The van der Waals surface area contributed by atoms with Gasteiger partial charge in [0.15, 0.2) is 0 Å². The average Bonchev–Trinajstić information content (AvgIpc) is 3.34. The number of sulfone groups is 1. The largest absolute Gasteiger partial charge is 0.458 e. The molecule has 0 aliphatic heterocycles. The molecule has 0 aliphatic rings. The third kappa shape index (κ3) is 8.95. The van der Waals surface area contributed by atoms with Crippen LogP contribution in [0.5, 0.6) is 0 Å². The van der Waals surface area contributed by atoms with Crippen molar-refractivity contribution < 1.29 is 27.1 Å². The molecule has 0 unspecified atom stereocenters. The van der Waals surface area contributed by atoms with Crippen molar-refractivity contribution >= 4 is 27.8 Å². The van der Waals surface area contributed by atoms with Crippen LogP contribution in [0.4, 0.5) is 4.39 Å². The highest BCUT2D eigenvalue weighted by molar-refractivity contribution is 7.90. The number of halogens is 1. The Balaban J connectivity index is 1.92. The number of carbonyl (C=O) groups excluding carboxylic acids is 2. The van der Waals surface area contributed by atoms with Crippen LogP contribution < -0.4 is 5.32 Å². The minimum Gasteiger partial charge on any atom is -0.458 e. The molecular weight excluding hydrogens is 509 g/mol. The number of amides is 1. The summed E-state index contributed by atoms with van der Waals surface area (Å²) < 4.78 is 44.5. The molecule has 0 bridgehead atoms. The van der Waals surface area contributed by atoms with Crippen LogP contribution in [0.25, 0.3) is 17.2 Å². The number of aromatic nitrogens is 2. The molecule has 10 heteroatoms. The lowest BCUT2D eigenvalue weighted by atomic mass is 9.96. The van der Waals surface area contributed by atoms with Crippen molar-refractivity contribution in [3.05, 3.63) is 84.2 Å². The van der Waals surface area contributed by atoms with Crippen LogP contribution in [0.1, 0.15) is 43.1 Å². The molecule has 8 nitrogen and oxygen atoms in total. The summed E-state index contributed by atoms with van der Waals surface area (Å²) in [6, 6.07) is 9.73. The number of ether oxygens (including phenoxy) is 1. The molecule has 0 aliphatic carbocycles. The van der Waals surface area contributed by atoms with E-state index in [0.29, 0.717) is 17.7 Å². The monoisotopic (exact) mass is 541 g/mol. The van der Waals surface area contributed by atoms with Crippen molar-refractivity contribution in [1.82, 2.24) is 14.9 Å². The molecule has 0 saturated heterocycles. The molecule has 1 heterocycles. The molecule has 0 radical (unpaired) electrons. The molecule has 38 heavy (non-hydrogen) atoms. The van der Waals surface area contributed by atoms with E-state index in [2.05, 4.69) is 10.3 Å². The second kappa shape index (κ2) is 12.2. The minimum atomic E-state index is -3.39. The minimum absolute atomic E-state index is 0.138. The third-order valence-electron chi connectivity index (χ3n) is 5.40. The van der Waals surface area contributed by atoms with E-state index in [4.69, 9.17) is 4.74 Å². The van der Waals surface area contributed by atoms with E-state index in [9.17, 15) is 22.4 Å². The van der Waals surface area contributed by atoms with Gasteiger partial charge in [0.2, 0.25) is 0 Å². The third-order valence-corrected chi connectivity index (χ3v) is 6.38. The summed E-state index contributed by atoms with van der Waals surface area (Å²) in [6.07, 6.45) is 9.99. The molecule has 202 valence electrons. The SMILES string of the molecule is CC(C)(C)OC(=O)[C@H](CCS(C)(=O)=O)NC(=O)c1ccc(/C=C/Cn2ccnc2)cc1-c1ccc(F)cc1. The van der Waals surface area contributed by atoms with Gasteiger partial charge in [0.05, 0.1) is 12.1 Å². The summed E-state index contributed by atoms with van der Waals surface area (Å²) in [5.41, 5.74) is 1.36. The Kier molecular flexibility index (Phi) is 9.22. The van der Waals surface area contributed by atoms with Crippen molar-refractivity contribution in [2.45, 2.75) is 45.4 Å². The lowest BCUT2D eigenvalue weighted by Gasteiger charge is -2.25. The van der Waals surface area contributed by atoms with Gasteiger partial charge in [-0.1, -0.05) is 30.4 Å². The fraction of sp³-hybridized carbons (Fsp3) is 0.321. The van der Waals surface area contributed by atoms with E-state index in [1.54, 1.807) is 63.6 Å². The van der Waals surface area contributed by atoms with Gasteiger partial charge in [-0.15, -0.1) is 0 Å². The second-order valence-electron chi connectivity index (χ2n) is 9.95. The van der Waals surface area contributed by atoms with E-state index >= 15 is 0 Å². The van der Waals surface area contributed by atoms with Crippen LogP contribution in [0, 0.1) is 5.82 Å². The van der Waals surface area contributed by atoms with Gasteiger partial charge in [-0.2, -0.15) is 0 Å². The molecule has 0 fully saturated rings. The lowest BCUT2D eigenvalue weighted by molar-refractivity contribution is -0.157. The molecule has 3 aromatic rings. The average molecular weight is 542 g/mol. The number of rotatable bonds is 10. The Hall–Kier alpha value is -3.79. The van der Waals surface area contributed by atoms with Gasteiger partial charge in [-0.3, -0.25) is 4.79 Å². The predicted molar refractivity (Wildman–Crippen MR) is 145 cm³/mol. The topological polar surface area (TPSA) is 107 Å². The van der Waals surface area contributed by atoms with Crippen LogP contribution in [-0.2, 0) is 25.9 Å². The van der Waals surface area contributed by atoms with Crippen LogP contribution in [0.2, 0.25) is 0 Å². The maximum atomic E-state index is 13.6. The number of hydrogen-bond acceptors (Lipinski definition) is 6. The molecule has 3 rings (SSSR count). The van der Waals surface area contributed by atoms with Crippen molar-refractivity contribution in [2.75, 3.05) is 12.0 Å². The van der Waals surface area contributed by atoms with Crippen LogP contribution in [0.15, 0.2) is 67.3 Å². The van der Waals surface area contributed by atoms with Crippen LogP contribution in [-0.4, -0.2) is 53.5 Å². The molecule has 0 saturated carbocycles. The van der Waals surface area contributed by atoms with Crippen molar-refractivity contribution in [3.63, 3.8) is 0 Å². The highest BCUT2D eigenvalue weighted by Crippen LogP contribution is 2.27. The summed E-state index contributed by atoms with van der Waals surface area (Å²) in [5.74, 6) is -2.02. The molecule has 1 atom stereocenters. The Morgan fingerprint density at radius 3 is 2.47 bits per heavy atom. The summed E-state index contributed by atoms with van der Waals surface area (Å²) in [4.78, 5) is 30.2. The lowest BCUT2D eigenvalue weighted by Crippen LogP contribution is -2.45. The molecule has 2 aromatic carbocycles. The number of carbonyl (C=O) groups is 2. The van der Waals surface area contributed by atoms with Gasteiger partial charge in [-0.25, -0.2) is 22.6 Å². The molecule has 1 N–H and O–H groups in total. The highest BCUT2D eigenvalue weighted by Gasteiger charge is 2.28. The first kappa shape index (κ1) is 28.8. The first-order valence-corrected chi connectivity index (χ1v) is 14.1. The number of nitrogens with zero attached hydrogens (tertiary/aromatic N) is 2. The Morgan fingerprint density at radius 1 is 1.16 bits per heavy atom. The number of esters is 1. The first-order valence-electron chi connectivity index (χ1n) is 12.0. The van der Waals surface area contributed by atoms with E-state index in [-0.39, 0.29) is 17.7 Å². The Bertz CT molecular complexity index is 1390. The Labute approximate surface area is 222 Å². The quantitative estimate of drug-likeness (QED) is 0.384. The van der Waals surface area contributed by atoms with Crippen molar-refractivity contribution in [3.8, 4) is 11.1 Å². The maximum absolute atomic E-state index is 13.6. The fourth-order valence-corrected chi connectivity index (χ4v) is 4.29. The van der Waals surface area contributed by atoms with Crippen LogP contribution >= 0.6 is 0 Å². The van der Waals surface area contributed by atoms with Gasteiger partial charge >= 0.3 is 5.97 Å². The molecule has 1 amide bonds. The first-order chi connectivity index (χ1) is 17.8. The normalized spacial score (nSPS) is 12.9. The maximum Gasteiger partial charge on any atom is 0.329 e. The number of hydrogen-bond donors (Lipinski definition) is 1. The molecule has 0 spiro atoms. The summed E-state index contributed by atoms with van der Waals surface area (Å²) >= 11 is 0. The zero-order valence-electron chi connectivity index (χ0n) is 21.8. The van der Waals surface area contributed by atoms with E-state index in [0.717, 1.165) is 11.8 Å². The summed E-state index contributed by atoms with van der Waals surface area (Å²) in [7, 11) is -3.39. The second-order valence-corrected chi connectivity index (χ2v) is 12.2. The van der Waals surface area contributed by atoms with E-state index in [1.807, 2.05) is 22.9 Å². The van der Waals surface area contributed by atoms with Gasteiger partial charge in [0.25, 0.3) is 5.91 Å². The number of imidazole rings is 1. The zero-order chi connectivity index (χ0) is 27.9. The van der Waals surface area contributed by atoms with E-state index < -0.39 is 39.2 Å². The Morgan fingerprint density at radius 2 is 1.87 bits per heavy atom. The van der Waals surface area contributed by atoms with Gasteiger partial charge in [0, 0.05) is 30.8 Å². The van der Waals surface area contributed by atoms with Gasteiger partial charge in [0.1, 0.15) is 27.3 Å². The fourth-order valence-electron chi connectivity index (χ4n) is 3.63. The standard InChI is InChI=1S/C28H32FN3O5S/c1-28(2,3)37-27(34)25(13-17-38(4,35)36)31-26(33)23-12-7-20(6-5-15-32-16-14-30-19-32)18-24(23)21-8-10-22(29)11-9-21/h5-12,14,16,18-19,25H,13,15,17H2,1-4H3,(H,31,33)/b6-5+/t25-/m0/s1. The van der Waals surface area contributed by atoms with Crippen molar-refractivity contribution in [1.29, 1.82) is 0 Å². The van der Waals surface area contributed by atoms with Crippen molar-refractivity contribution in [2.24, 2.45) is 0 Å². The van der Waals surface area contributed by atoms with Crippen LogP contribution in [0.3, 0.4) is 0 Å². The summed E-state index contributed by atoms with van der Waals surface area (Å²) in [6.45, 7) is 5.66.